The minimum atomic E-state index is 0.0296. The highest BCUT2D eigenvalue weighted by Crippen LogP contribution is 2.28. The van der Waals surface area contributed by atoms with Crippen LogP contribution >= 0.6 is 0 Å². The number of piperazine rings is 1. The van der Waals surface area contributed by atoms with Crippen LogP contribution in [0, 0.1) is 0 Å². The van der Waals surface area contributed by atoms with Gasteiger partial charge in [-0.1, -0.05) is 103 Å². The Morgan fingerprint density at radius 1 is 0.765 bits per heavy atom. The molecule has 0 bridgehead atoms. The van der Waals surface area contributed by atoms with E-state index in [1.165, 1.54) is 16.7 Å². The lowest BCUT2D eigenvalue weighted by molar-refractivity contribution is 0.113. The fraction of sp³-hybridized carbons (Fsp3) is 0.250. The molecule has 1 atom stereocenters. The van der Waals surface area contributed by atoms with E-state index in [0.717, 1.165) is 38.5 Å². The standard InChI is InChI=1S/C28H30N6/c1-4-11-24(12-5-1)15-10-18-32-19-21-33(22-20-32)27(26-16-8-3-9-17-26)28-29-30-31-34(28)23-25-13-6-2-7-14-25/h1-17,27H,18-23H2/b15-10+/t27-/m1/s1. The van der Waals surface area contributed by atoms with Gasteiger partial charge in [-0.3, -0.25) is 9.80 Å². The third kappa shape index (κ3) is 5.47. The van der Waals surface area contributed by atoms with Crippen LogP contribution in [0.4, 0.5) is 0 Å². The second-order valence-corrected chi connectivity index (χ2v) is 8.64. The smallest absolute Gasteiger partial charge is 0.173 e. The van der Waals surface area contributed by atoms with Gasteiger partial charge in [-0.2, -0.15) is 0 Å². The van der Waals surface area contributed by atoms with Gasteiger partial charge < -0.3 is 0 Å². The molecule has 1 aromatic heterocycles. The first-order valence-corrected chi connectivity index (χ1v) is 11.9. The fourth-order valence-corrected chi connectivity index (χ4v) is 4.54. The first kappa shape index (κ1) is 22.2. The second kappa shape index (κ2) is 11.0. The van der Waals surface area contributed by atoms with E-state index in [1.54, 1.807) is 0 Å². The molecule has 0 unspecified atom stereocenters. The van der Waals surface area contributed by atoms with Gasteiger partial charge in [-0.15, -0.1) is 5.10 Å². The quantitative estimate of drug-likeness (QED) is 0.404. The number of aromatic nitrogens is 4. The van der Waals surface area contributed by atoms with Crippen LogP contribution < -0.4 is 0 Å². The average molecular weight is 451 g/mol. The van der Waals surface area contributed by atoms with Gasteiger partial charge in [0.25, 0.3) is 0 Å². The van der Waals surface area contributed by atoms with Crippen LogP contribution in [0.15, 0.2) is 97.1 Å². The van der Waals surface area contributed by atoms with Crippen molar-refractivity contribution in [2.75, 3.05) is 32.7 Å². The summed E-state index contributed by atoms with van der Waals surface area (Å²) in [5.74, 6) is 0.896. The minimum absolute atomic E-state index is 0.0296. The Hall–Kier alpha value is -3.61. The maximum absolute atomic E-state index is 4.50. The summed E-state index contributed by atoms with van der Waals surface area (Å²) >= 11 is 0. The molecule has 6 heteroatoms. The van der Waals surface area contributed by atoms with Crippen molar-refractivity contribution < 1.29 is 0 Å². The van der Waals surface area contributed by atoms with Crippen molar-refractivity contribution in [1.82, 2.24) is 30.0 Å². The lowest BCUT2D eigenvalue weighted by Crippen LogP contribution is -2.48. The van der Waals surface area contributed by atoms with Gasteiger partial charge in [0.2, 0.25) is 0 Å². The van der Waals surface area contributed by atoms with Crippen molar-refractivity contribution in [3.05, 3.63) is 120 Å². The van der Waals surface area contributed by atoms with Gasteiger partial charge >= 0.3 is 0 Å². The van der Waals surface area contributed by atoms with E-state index in [-0.39, 0.29) is 6.04 Å². The van der Waals surface area contributed by atoms with Crippen LogP contribution in [0.3, 0.4) is 0 Å². The van der Waals surface area contributed by atoms with Crippen molar-refractivity contribution in [2.45, 2.75) is 12.6 Å². The fourth-order valence-electron chi connectivity index (χ4n) is 4.54. The topological polar surface area (TPSA) is 50.1 Å². The molecule has 1 aliphatic rings. The number of hydrogen-bond donors (Lipinski definition) is 0. The molecule has 0 spiro atoms. The highest BCUT2D eigenvalue weighted by atomic mass is 15.6. The first-order valence-electron chi connectivity index (χ1n) is 11.9. The van der Waals surface area contributed by atoms with Crippen molar-refractivity contribution in [3.8, 4) is 0 Å². The molecule has 6 nitrogen and oxygen atoms in total. The number of benzene rings is 3. The molecule has 4 aromatic rings. The largest absolute Gasteiger partial charge is 0.297 e. The van der Waals surface area contributed by atoms with E-state index < -0.39 is 0 Å². The lowest BCUT2D eigenvalue weighted by Gasteiger charge is -2.38. The van der Waals surface area contributed by atoms with E-state index in [2.05, 4.69) is 122 Å². The zero-order chi connectivity index (χ0) is 23.0. The molecule has 5 rings (SSSR count). The summed E-state index contributed by atoms with van der Waals surface area (Å²) in [6.45, 7) is 5.60. The molecule has 0 amide bonds. The summed E-state index contributed by atoms with van der Waals surface area (Å²) < 4.78 is 1.95. The average Bonchev–Trinajstić information content (AvgIpc) is 3.34. The summed E-state index contributed by atoms with van der Waals surface area (Å²) in [5, 5.41) is 12.9. The number of rotatable bonds is 8. The molecule has 0 aliphatic carbocycles. The molecule has 3 aromatic carbocycles. The first-order chi connectivity index (χ1) is 16.9. The van der Waals surface area contributed by atoms with Crippen molar-refractivity contribution >= 4 is 6.08 Å². The summed E-state index contributed by atoms with van der Waals surface area (Å²) in [6, 6.07) is 31.5. The SMILES string of the molecule is C(=C\c1ccccc1)/CN1CCN([C@H](c2ccccc2)c2nnnn2Cc2ccccc2)CC1. The number of nitrogens with zero attached hydrogens (tertiary/aromatic N) is 6. The molecular weight excluding hydrogens is 420 g/mol. The maximum atomic E-state index is 4.50. The molecular formula is C28H30N6. The Kier molecular flexibility index (Phi) is 7.19. The molecule has 2 heterocycles. The summed E-state index contributed by atoms with van der Waals surface area (Å²) in [6.07, 6.45) is 4.47. The zero-order valence-electron chi connectivity index (χ0n) is 19.3. The van der Waals surface area contributed by atoms with Gasteiger partial charge in [-0.25, -0.2) is 4.68 Å². The second-order valence-electron chi connectivity index (χ2n) is 8.64. The normalized spacial score (nSPS) is 16.1. The number of tetrazole rings is 1. The van der Waals surface area contributed by atoms with Crippen molar-refractivity contribution in [2.24, 2.45) is 0 Å². The van der Waals surface area contributed by atoms with Crippen LogP contribution in [-0.4, -0.2) is 62.7 Å². The van der Waals surface area contributed by atoms with Gasteiger partial charge in [0, 0.05) is 32.7 Å². The van der Waals surface area contributed by atoms with Crippen molar-refractivity contribution in [1.29, 1.82) is 0 Å². The van der Waals surface area contributed by atoms with Gasteiger partial charge in [-0.05, 0) is 27.1 Å². The van der Waals surface area contributed by atoms with Crippen LogP contribution in [0.5, 0.6) is 0 Å². The Morgan fingerprint density at radius 3 is 2.12 bits per heavy atom. The molecule has 1 fully saturated rings. The molecule has 172 valence electrons. The Balaban J connectivity index is 1.30. The highest BCUT2D eigenvalue weighted by Gasteiger charge is 2.30. The number of hydrogen-bond acceptors (Lipinski definition) is 5. The van der Waals surface area contributed by atoms with Gasteiger partial charge in [0.15, 0.2) is 5.82 Å². The summed E-state index contributed by atoms with van der Waals surface area (Å²) in [5.41, 5.74) is 3.66. The molecule has 34 heavy (non-hydrogen) atoms. The predicted molar refractivity (Wildman–Crippen MR) is 135 cm³/mol. The molecule has 0 saturated carbocycles. The predicted octanol–water partition coefficient (Wildman–Crippen LogP) is 4.14. The summed E-state index contributed by atoms with van der Waals surface area (Å²) in [7, 11) is 0. The van der Waals surface area contributed by atoms with Gasteiger partial charge in [0.05, 0.1) is 12.6 Å². The van der Waals surface area contributed by atoms with Crippen LogP contribution in [0.25, 0.3) is 6.08 Å². The molecule has 0 N–H and O–H groups in total. The summed E-state index contributed by atoms with van der Waals surface area (Å²) in [4.78, 5) is 5.02. The Labute approximate surface area is 201 Å². The van der Waals surface area contributed by atoms with E-state index in [9.17, 15) is 0 Å². The molecule has 0 radical (unpaired) electrons. The van der Waals surface area contributed by atoms with E-state index in [0.29, 0.717) is 6.54 Å². The minimum Gasteiger partial charge on any atom is -0.297 e. The molecule has 1 aliphatic heterocycles. The zero-order valence-corrected chi connectivity index (χ0v) is 19.3. The highest BCUT2D eigenvalue weighted by molar-refractivity contribution is 5.48. The third-order valence-electron chi connectivity index (χ3n) is 6.34. The van der Waals surface area contributed by atoms with Crippen LogP contribution in [0.2, 0.25) is 0 Å². The Morgan fingerprint density at radius 2 is 1.41 bits per heavy atom. The monoisotopic (exact) mass is 450 g/mol. The Bertz CT molecular complexity index is 1170. The van der Waals surface area contributed by atoms with Crippen LogP contribution in [0.1, 0.15) is 28.6 Å². The van der Waals surface area contributed by atoms with E-state index >= 15 is 0 Å². The van der Waals surface area contributed by atoms with Crippen molar-refractivity contribution in [3.63, 3.8) is 0 Å². The van der Waals surface area contributed by atoms with E-state index in [4.69, 9.17) is 0 Å². The third-order valence-corrected chi connectivity index (χ3v) is 6.34. The van der Waals surface area contributed by atoms with Crippen LogP contribution in [-0.2, 0) is 6.54 Å². The van der Waals surface area contributed by atoms with Gasteiger partial charge in [0.1, 0.15) is 0 Å². The molecule has 1 saturated heterocycles. The maximum Gasteiger partial charge on any atom is 0.173 e. The van der Waals surface area contributed by atoms with E-state index in [1.807, 2.05) is 10.7 Å². The lowest BCUT2D eigenvalue weighted by atomic mass is 10.0.